The molecule has 0 saturated heterocycles. The molecule has 100 heavy (non-hydrogen) atoms. The maximum absolute atomic E-state index is 13.7. The molecule has 0 bridgehead atoms. The molecule has 0 saturated carbocycles. The Morgan fingerprint density at radius 3 is 0.740 bits per heavy atom. The lowest BCUT2D eigenvalue weighted by molar-refractivity contribution is -0.385. The zero-order valence-electron chi connectivity index (χ0n) is 53.6. The highest BCUT2D eigenvalue weighted by atomic mass is 35.5. The number of isocyanates is 1. The number of anilines is 4. The molecule has 2 heterocycles. The highest BCUT2D eigenvalue weighted by molar-refractivity contribution is 6.93. The first-order valence-corrected chi connectivity index (χ1v) is 29.2. The Labute approximate surface area is 571 Å². The van der Waals surface area contributed by atoms with Gasteiger partial charge in [-0.25, -0.2) is 61.0 Å². The zero-order valence-corrected chi connectivity index (χ0v) is 55.1. The van der Waals surface area contributed by atoms with E-state index < -0.39 is 63.5 Å². The van der Waals surface area contributed by atoms with Gasteiger partial charge < -0.3 is 22.9 Å². The van der Waals surface area contributed by atoms with Crippen molar-refractivity contribution in [2.45, 2.75) is 55.4 Å². The minimum atomic E-state index is -1.13. The molecule has 0 amide bonds. The van der Waals surface area contributed by atoms with Gasteiger partial charge in [0.25, 0.3) is 28.4 Å². The van der Waals surface area contributed by atoms with Crippen molar-refractivity contribution < 1.29 is 34.2 Å². The van der Waals surface area contributed by atoms with Crippen molar-refractivity contribution in [1.82, 2.24) is 27.4 Å². The van der Waals surface area contributed by atoms with Crippen molar-refractivity contribution in [3.05, 3.63) is 304 Å². The number of non-ortho nitro benzene ring substituents is 5. The molecule has 36 heteroatoms. The van der Waals surface area contributed by atoms with Crippen LogP contribution in [-0.2, 0) is 4.79 Å². The molecule has 2 aromatic heterocycles. The number of halogens is 2. The molecule has 0 atom stereocenters. The first kappa shape index (κ1) is 75.4. The predicted octanol–water partition coefficient (Wildman–Crippen LogP) is 9.54. The van der Waals surface area contributed by atoms with Crippen LogP contribution in [0.1, 0.15) is 44.5 Å². The molecule has 0 fully saturated rings. The monoisotopic (exact) mass is 1410 g/mol. The Hall–Kier alpha value is -13.6. The van der Waals surface area contributed by atoms with Crippen molar-refractivity contribution in [1.29, 1.82) is 0 Å². The molecule has 10 aromatic rings. The van der Waals surface area contributed by atoms with E-state index in [9.17, 15) is 84.1 Å². The molecule has 10 rings (SSSR count). The molecule has 0 aliphatic heterocycles. The average molecular weight is 1410 g/mol. The summed E-state index contributed by atoms with van der Waals surface area (Å²) in [6.45, 7) is 12.9. The second kappa shape index (κ2) is 31.8. The summed E-state index contributed by atoms with van der Waals surface area (Å²) in [5.74, 6) is 0. The first-order valence-electron chi connectivity index (χ1n) is 28.5. The van der Waals surface area contributed by atoms with Gasteiger partial charge in [0.05, 0.1) is 64.4 Å². The zero-order chi connectivity index (χ0) is 74.6. The highest BCUT2D eigenvalue weighted by Gasteiger charge is 2.26. The number of aryl methyl sites for hydroxylation is 8. The van der Waals surface area contributed by atoms with Crippen molar-refractivity contribution >= 4 is 90.9 Å². The Morgan fingerprint density at radius 1 is 0.340 bits per heavy atom. The lowest BCUT2D eigenvalue weighted by Crippen LogP contribution is -2.53. The van der Waals surface area contributed by atoms with Gasteiger partial charge in [-0.3, -0.25) is 55.4 Å². The number of carbonyl (C=O) groups excluding carboxylic acids is 2. The molecule has 514 valence electrons. The number of hydrogen-bond acceptors (Lipinski definition) is 23. The number of nitrogens with zero attached hydrogens (tertiary/aromatic N) is 12. The fraction of sp³-hybridized carbons (Fsp3) is 0.125. The summed E-state index contributed by atoms with van der Waals surface area (Å²) in [5, 5.41) is 54.2. The van der Waals surface area contributed by atoms with Crippen LogP contribution in [0.4, 0.5) is 61.7 Å². The van der Waals surface area contributed by atoms with E-state index in [0.717, 1.165) is 55.7 Å². The third-order valence-corrected chi connectivity index (χ3v) is 14.6. The number of benzene rings is 8. The van der Waals surface area contributed by atoms with Gasteiger partial charge in [0, 0.05) is 83.4 Å². The van der Waals surface area contributed by atoms with E-state index in [2.05, 4.69) is 28.2 Å². The molecule has 0 aliphatic rings. The number of nitro groups is 5. The van der Waals surface area contributed by atoms with Crippen LogP contribution < -0.4 is 57.1 Å². The van der Waals surface area contributed by atoms with E-state index in [-0.39, 0.29) is 62.2 Å². The fourth-order valence-corrected chi connectivity index (χ4v) is 9.83. The van der Waals surface area contributed by atoms with Crippen molar-refractivity contribution in [2.75, 3.05) is 22.9 Å². The quantitative estimate of drug-likeness (QED) is 0.0221. The van der Waals surface area contributed by atoms with Crippen LogP contribution in [0.5, 0.6) is 0 Å². The van der Waals surface area contributed by atoms with Crippen molar-refractivity contribution in [3.8, 4) is 34.1 Å². The van der Waals surface area contributed by atoms with Crippen molar-refractivity contribution in [3.63, 3.8) is 0 Å². The minimum Gasteiger partial charge on any atom is -0.399 e. The van der Waals surface area contributed by atoms with E-state index in [1.807, 2.05) is 0 Å². The van der Waals surface area contributed by atoms with Crippen LogP contribution in [0, 0.1) is 106 Å². The van der Waals surface area contributed by atoms with Gasteiger partial charge >= 0.3 is 38.8 Å². The smallest absolute Gasteiger partial charge is 0.345 e. The Balaban J connectivity index is 0.000000230. The molecular formula is C64H56Cl2N16O18. The lowest BCUT2D eigenvalue weighted by Gasteiger charge is -2.18. The maximum atomic E-state index is 13.7. The lowest BCUT2D eigenvalue weighted by atomic mass is 10.1. The summed E-state index contributed by atoms with van der Waals surface area (Å²) in [5.41, 5.74) is 23.3. The number of nitrogen functional groups attached to an aromatic ring is 4. The standard InChI is InChI=1S/C24H18N6O9.C24H24N6O3.C8H6N2O3.C7H8N2O2.CCl2O/c1-13-10-16(28(34)35)4-7-19(13)25-22(31)26(20-8-5-17(29(36)37)11-14(20)2)24(33)27(23(25)32)21-9-6-18(30(38)39)12-15(21)3;1-13-10-16(25)4-7-19(13)28-22(31)29(20-8-5-17(26)11-14(20)2)24(33)30(23(28)32)21-9-6-18(27)12-15(21)3;1-6-4-7(10(12)13)2-3-8(6)9-5-11;1-5-4-6(9(10)11)2-3-7(5)8;2-1(3)4/h4-12H,1-3H3;4-12H,25-27H2,1-3H3;2-4H,1H3;2-4H,8H2,1H3;. The molecule has 34 nitrogen and oxygen atoms in total. The van der Waals surface area contributed by atoms with E-state index in [1.165, 1.54) is 81.4 Å². The number of nitrogens with two attached hydrogens (primary N) is 4. The van der Waals surface area contributed by atoms with Crippen molar-refractivity contribution in [2.24, 2.45) is 4.99 Å². The Kier molecular flexibility index (Phi) is 24.0. The number of nitro benzene ring substituents is 5. The molecule has 0 spiro atoms. The molecule has 8 aromatic carbocycles. The van der Waals surface area contributed by atoms with Gasteiger partial charge in [-0.05, 0) is 208 Å². The van der Waals surface area contributed by atoms with Gasteiger partial charge in [0.2, 0.25) is 6.08 Å². The molecule has 8 N–H and O–H groups in total. The van der Waals surface area contributed by atoms with Gasteiger partial charge in [-0.15, -0.1) is 0 Å². The summed E-state index contributed by atoms with van der Waals surface area (Å²) in [6.07, 6.45) is 1.38. The number of aromatic nitrogens is 6. The summed E-state index contributed by atoms with van der Waals surface area (Å²) in [6, 6.07) is 33.2. The number of rotatable bonds is 12. The SMILES string of the molecule is Cc1cc(N)ccc1-n1c(=O)n(-c2ccc(N)cc2C)c(=O)n(-c2ccc(N)cc2C)c1=O.Cc1cc([N+](=O)[O-])ccc1-n1c(=O)n(-c2ccc([N+](=O)[O-])cc2C)c(=O)n(-c2ccc([N+](=O)[O-])cc2C)c1=O.Cc1cc([N+](=O)[O-])ccc1N.Cc1cc([N+](=O)[O-])ccc1N=C=O.O=C(Cl)Cl. The average Bonchev–Trinajstić information content (AvgIpc) is 0.745. The normalized spacial score (nSPS) is 10.3. The second-order valence-electron chi connectivity index (χ2n) is 21.5. The molecule has 0 unspecified atom stereocenters. The van der Waals surface area contributed by atoms with Gasteiger partial charge in [0.1, 0.15) is 0 Å². The summed E-state index contributed by atoms with van der Waals surface area (Å²) in [4.78, 5) is 156. The minimum absolute atomic E-state index is 0.0117. The van der Waals surface area contributed by atoms with Gasteiger partial charge in [0.15, 0.2) is 0 Å². The fourth-order valence-electron chi connectivity index (χ4n) is 9.83. The number of aliphatic imine (C=N–C) groups is 1. The first-order chi connectivity index (χ1) is 46.9. The third kappa shape index (κ3) is 17.1. The third-order valence-electron chi connectivity index (χ3n) is 14.6. The van der Waals surface area contributed by atoms with Gasteiger partial charge in [-0.1, -0.05) is 0 Å². The maximum Gasteiger partial charge on any atom is 0.345 e. The van der Waals surface area contributed by atoms with Crippen LogP contribution in [0.3, 0.4) is 0 Å². The number of hydrogen-bond donors (Lipinski definition) is 4. The summed E-state index contributed by atoms with van der Waals surface area (Å²) < 4.78 is 3.96. The predicted molar refractivity (Wildman–Crippen MR) is 373 cm³/mol. The topological polar surface area (TPSA) is 498 Å². The molecule has 0 aliphatic carbocycles. The van der Waals surface area contributed by atoms with Crippen LogP contribution in [0.15, 0.2) is 179 Å². The molecular weight excluding hydrogens is 1350 g/mol. The van der Waals surface area contributed by atoms with Gasteiger partial charge in [-0.2, -0.15) is 4.99 Å². The van der Waals surface area contributed by atoms with Crippen LogP contribution in [0.25, 0.3) is 34.1 Å². The Morgan fingerprint density at radius 2 is 0.540 bits per heavy atom. The summed E-state index contributed by atoms with van der Waals surface area (Å²) in [7, 11) is 0. The van der Waals surface area contributed by atoms with E-state index in [4.69, 9.17) is 27.7 Å². The van der Waals surface area contributed by atoms with Crippen LogP contribution in [-0.4, -0.2) is 62.8 Å². The summed E-state index contributed by atoms with van der Waals surface area (Å²) >= 11 is 8.80. The van der Waals surface area contributed by atoms with E-state index >= 15 is 0 Å². The van der Waals surface area contributed by atoms with E-state index in [0.29, 0.717) is 81.5 Å². The Bertz CT molecular complexity index is 4990. The second-order valence-corrected chi connectivity index (χ2v) is 22.4. The van der Waals surface area contributed by atoms with Crippen LogP contribution >= 0.6 is 23.2 Å². The van der Waals surface area contributed by atoms with Crippen LogP contribution in [0.2, 0.25) is 0 Å². The highest BCUT2D eigenvalue weighted by Crippen LogP contribution is 2.26. The molecule has 0 radical (unpaired) electrons. The largest absolute Gasteiger partial charge is 0.399 e. The van der Waals surface area contributed by atoms with E-state index in [1.54, 1.807) is 89.2 Å². The number of carbonyl (C=O) groups is 1.